The number of piperidine rings is 2. The zero-order valence-corrected chi connectivity index (χ0v) is 31.2. The highest BCUT2D eigenvalue weighted by Crippen LogP contribution is 2.52. The third kappa shape index (κ3) is 6.22. The Labute approximate surface area is 322 Å². The summed E-state index contributed by atoms with van der Waals surface area (Å²) in [5.41, 5.74) is 3.54. The van der Waals surface area contributed by atoms with E-state index in [1.54, 1.807) is 11.0 Å². The fraction of sp³-hybridized carbons (Fsp3) is 0.525. The SMILES string of the molecule is C[C@H]1CN2c3cc(-c4cc(F)cc(F)c4O)nnc3NC[C@H]2CN1CC1[C@H]2CN(CC3CN(c4ccc5c(c4)C(=O)N(C4CCC(=O)NC4=O)C5)CCO3)C[C@@H]12. The van der Waals surface area contributed by atoms with Crippen LogP contribution in [-0.4, -0.2) is 137 Å². The molecular formula is C40H45F2N9O5. The van der Waals surface area contributed by atoms with Crippen LogP contribution in [0.25, 0.3) is 11.3 Å². The number of aromatic hydroxyl groups is 1. The second-order valence-electron chi connectivity index (χ2n) is 16.6. The molecule has 3 aromatic rings. The van der Waals surface area contributed by atoms with Crippen molar-refractivity contribution >= 4 is 34.9 Å². The molecule has 10 rings (SSSR count). The van der Waals surface area contributed by atoms with Gasteiger partial charge < -0.3 is 34.8 Å². The number of carbonyl (C=O) groups is 3. The van der Waals surface area contributed by atoms with E-state index in [1.165, 1.54) is 0 Å². The van der Waals surface area contributed by atoms with E-state index in [4.69, 9.17) is 4.74 Å². The summed E-state index contributed by atoms with van der Waals surface area (Å²) in [7, 11) is 0. The monoisotopic (exact) mass is 769 g/mol. The molecule has 3 amide bonds. The van der Waals surface area contributed by atoms with E-state index in [2.05, 4.69) is 53.4 Å². The minimum atomic E-state index is -1.03. The van der Waals surface area contributed by atoms with E-state index in [0.717, 1.165) is 81.9 Å². The van der Waals surface area contributed by atoms with Gasteiger partial charge in [-0.25, -0.2) is 8.78 Å². The van der Waals surface area contributed by atoms with Crippen LogP contribution in [-0.2, 0) is 20.9 Å². The maximum Gasteiger partial charge on any atom is 0.255 e. The number of hydrogen-bond acceptors (Lipinski definition) is 12. The van der Waals surface area contributed by atoms with Crippen molar-refractivity contribution in [3.63, 3.8) is 0 Å². The Balaban J connectivity index is 0.723. The Morgan fingerprint density at radius 1 is 0.946 bits per heavy atom. The Morgan fingerprint density at radius 2 is 1.79 bits per heavy atom. The van der Waals surface area contributed by atoms with Crippen LogP contribution in [0.2, 0.25) is 0 Å². The number of halogens is 2. The van der Waals surface area contributed by atoms with Crippen molar-refractivity contribution in [2.24, 2.45) is 17.8 Å². The molecule has 0 bridgehead atoms. The topological polar surface area (TPSA) is 147 Å². The Bertz CT molecular complexity index is 2110. The molecule has 0 radical (unpaired) electrons. The maximum atomic E-state index is 14.1. The zero-order chi connectivity index (χ0) is 38.4. The molecule has 3 N–H and O–H groups in total. The second kappa shape index (κ2) is 13.6. The molecule has 1 aliphatic carbocycles. The van der Waals surface area contributed by atoms with Crippen LogP contribution in [0.4, 0.5) is 26.0 Å². The summed E-state index contributed by atoms with van der Waals surface area (Å²) in [6.07, 6.45) is 0.649. The number of piperazine rings is 1. The van der Waals surface area contributed by atoms with Crippen molar-refractivity contribution in [3.8, 4) is 17.0 Å². The molecule has 1 aromatic heterocycles. The molecule has 6 aliphatic heterocycles. The molecule has 294 valence electrons. The number of aromatic nitrogens is 2. The number of nitrogens with one attached hydrogen (secondary N) is 2. The van der Waals surface area contributed by atoms with Crippen molar-refractivity contribution < 1.29 is 33.0 Å². The standard InChI is InChI=1S/C40H45F2N9O5/c1-21-13-50-25(12-43-38-35(50)11-33(45-46-38)28-8-23(41)9-32(42)37(28)53)15-49(21)20-31-29-18-47(19-30(29)31)16-26-17-48(6-7-56-26)24-3-2-22-14-51(40(55)27(22)10-24)34-4-5-36(52)44-39(34)54/h2-3,8-11,21,25-26,29-31,34,53H,4-7,12-20H2,1H3,(H,43,46)(H,44,52,54)/t21-,25-,26?,29-,30+,31?,34?/m0/s1. The average Bonchev–Trinajstić information content (AvgIpc) is 3.45. The van der Waals surface area contributed by atoms with Crippen LogP contribution in [0.15, 0.2) is 36.4 Å². The van der Waals surface area contributed by atoms with Gasteiger partial charge in [-0.1, -0.05) is 6.07 Å². The van der Waals surface area contributed by atoms with Gasteiger partial charge in [0.15, 0.2) is 17.4 Å². The number of morpholine rings is 1. The molecule has 5 fully saturated rings. The number of likely N-dealkylation sites (tertiary alicyclic amines) is 1. The predicted octanol–water partition coefficient (Wildman–Crippen LogP) is 2.28. The molecule has 0 spiro atoms. The van der Waals surface area contributed by atoms with Gasteiger partial charge in [-0.2, -0.15) is 0 Å². The number of nitrogens with zero attached hydrogens (tertiary/aromatic N) is 7. The first kappa shape index (κ1) is 35.5. The molecule has 4 saturated heterocycles. The molecule has 7 aliphatic rings. The highest BCUT2D eigenvalue weighted by Gasteiger charge is 2.56. The fourth-order valence-electron chi connectivity index (χ4n) is 10.2. The summed E-state index contributed by atoms with van der Waals surface area (Å²) >= 11 is 0. The lowest BCUT2D eigenvalue weighted by atomic mass is 10.0. The van der Waals surface area contributed by atoms with Crippen LogP contribution in [0.5, 0.6) is 5.75 Å². The van der Waals surface area contributed by atoms with Crippen LogP contribution in [0.3, 0.4) is 0 Å². The van der Waals surface area contributed by atoms with Crippen molar-refractivity contribution in [1.29, 1.82) is 0 Å². The molecule has 7 atom stereocenters. The smallest absolute Gasteiger partial charge is 0.255 e. The maximum absolute atomic E-state index is 14.1. The summed E-state index contributed by atoms with van der Waals surface area (Å²) in [6.45, 7) is 11.2. The number of amides is 3. The molecule has 7 heterocycles. The Hall–Kier alpha value is -4.93. The molecule has 1 saturated carbocycles. The first-order chi connectivity index (χ1) is 27.1. The van der Waals surface area contributed by atoms with Crippen LogP contribution in [0.1, 0.15) is 35.7 Å². The number of rotatable bonds is 7. The van der Waals surface area contributed by atoms with Gasteiger partial charge in [0.05, 0.1) is 30.1 Å². The van der Waals surface area contributed by atoms with Crippen LogP contribution >= 0.6 is 0 Å². The zero-order valence-electron chi connectivity index (χ0n) is 31.2. The van der Waals surface area contributed by atoms with Crippen molar-refractivity contribution in [3.05, 3.63) is 59.2 Å². The van der Waals surface area contributed by atoms with Gasteiger partial charge in [0, 0.05) is 101 Å². The van der Waals surface area contributed by atoms with Gasteiger partial charge in [0.2, 0.25) is 11.8 Å². The number of phenols is 1. The third-order valence-corrected chi connectivity index (χ3v) is 13.2. The minimum absolute atomic E-state index is 0.0216. The van der Waals surface area contributed by atoms with E-state index in [0.29, 0.717) is 60.8 Å². The van der Waals surface area contributed by atoms with Crippen molar-refractivity contribution in [2.45, 2.75) is 50.5 Å². The van der Waals surface area contributed by atoms with Crippen LogP contribution in [0, 0.1) is 29.4 Å². The fourth-order valence-corrected chi connectivity index (χ4v) is 10.2. The van der Waals surface area contributed by atoms with E-state index in [9.17, 15) is 28.3 Å². The van der Waals surface area contributed by atoms with Gasteiger partial charge in [0.1, 0.15) is 11.9 Å². The van der Waals surface area contributed by atoms with E-state index in [1.807, 2.05) is 12.1 Å². The molecular weight excluding hydrogens is 724 g/mol. The number of imide groups is 1. The number of carbonyl (C=O) groups excluding carboxylic acids is 3. The minimum Gasteiger partial charge on any atom is -0.504 e. The highest BCUT2D eigenvalue weighted by atomic mass is 19.1. The van der Waals surface area contributed by atoms with Gasteiger partial charge in [-0.05, 0) is 60.9 Å². The number of ether oxygens (including phenoxy) is 1. The first-order valence-corrected chi connectivity index (χ1v) is 19.7. The lowest BCUT2D eigenvalue weighted by Gasteiger charge is -2.49. The molecule has 16 heteroatoms. The Morgan fingerprint density at radius 3 is 2.61 bits per heavy atom. The first-order valence-electron chi connectivity index (χ1n) is 19.7. The highest BCUT2D eigenvalue weighted by molar-refractivity contribution is 6.05. The normalized spacial score (nSPS) is 30.1. The van der Waals surface area contributed by atoms with Crippen molar-refractivity contribution in [2.75, 3.05) is 80.6 Å². The predicted molar refractivity (Wildman–Crippen MR) is 201 cm³/mol. The van der Waals surface area contributed by atoms with Gasteiger partial charge >= 0.3 is 0 Å². The molecule has 2 aromatic carbocycles. The van der Waals surface area contributed by atoms with Crippen molar-refractivity contribution in [1.82, 2.24) is 30.2 Å². The van der Waals surface area contributed by atoms with E-state index in [-0.39, 0.29) is 41.6 Å². The van der Waals surface area contributed by atoms with E-state index < -0.39 is 29.3 Å². The number of hydrogen-bond donors (Lipinski definition) is 3. The number of benzene rings is 2. The van der Waals surface area contributed by atoms with Gasteiger partial charge in [0.25, 0.3) is 5.91 Å². The quantitative estimate of drug-likeness (QED) is 0.303. The number of fused-ring (bicyclic) bond motifs is 5. The molecule has 56 heavy (non-hydrogen) atoms. The lowest BCUT2D eigenvalue weighted by Crippen LogP contribution is -2.61. The average molecular weight is 770 g/mol. The summed E-state index contributed by atoms with van der Waals surface area (Å²) in [6, 6.07) is 9.37. The van der Waals surface area contributed by atoms with E-state index >= 15 is 0 Å². The molecule has 14 nitrogen and oxygen atoms in total. The van der Waals surface area contributed by atoms with Crippen LogP contribution < -0.4 is 20.4 Å². The summed E-state index contributed by atoms with van der Waals surface area (Å²) in [4.78, 5) is 48.9. The third-order valence-electron chi connectivity index (χ3n) is 13.2. The van der Waals surface area contributed by atoms with Gasteiger partial charge in [-0.3, -0.25) is 24.6 Å². The molecule has 3 unspecified atom stereocenters. The Kier molecular flexibility index (Phi) is 8.63. The second-order valence-corrected chi connectivity index (χ2v) is 16.6. The largest absolute Gasteiger partial charge is 0.504 e. The van der Waals surface area contributed by atoms with Gasteiger partial charge in [-0.15, -0.1) is 10.2 Å². The summed E-state index contributed by atoms with van der Waals surface area (Å²) in [5, 5.41) is 24.5. The number of anilines is 3. The summed E-state index contributed by atoms with van der Waals surface area (Å²) < 4.78 is 34.4. The lowest BCUT2D eigenvalue weighted by molar-refractivity contribution is -0.136. The summed E-state index contributed by atoms with van der Waals surface area (Å²) in [5.74, 6) is -0.654. The number of phenolic OH excluding ortho intramolecular Hbond substituents is 1.